The number of thiazole rings is 1. The van der Waals surface area contributed by atoms with E-state index in [1.807, 2.05) is 6.92 Å². The molecule has 0 saturated heterocycles. The van der Waals surface area contributed by atoms with Crippen LogP contribution < -0.4 is 5.56 Å². The number of aromatic amines is 1. The Bertz CT molecular complexity index is 1190. The highest BCUT2D eigenvalue weighted by Crippen LogP contribution is 2.30. The van der Waals surface area contributed by atoms with Crippen molar-refractivity contribution >= 4 is 27.9 Å². The van der Waals surface area contributed by atoms with E-state index in [-0.39, 0.29) is 23.0 Å². The van der Waals surface area contributed by atoms with Crippen LogP contribution in [-0.2, 0) is 12.7 Å². The van der Waals surface area contributed by atoms with Gasteiger partial charge in [-0.25, -0.2) is 14.1 Å². The molecule has 27 heavy (non-hydrogen) atoms. The maximum atomic E-state index is 12.8. The molecule has 0 radical (unpaired) electrons. The van der Waals surface area contributed by atoms with E-state index in [0.29, 0.717) is 16.3 Å². The predicted molar refractivity (Wildman–Crippen MR) is 93.0 cm³/mol. The molecule has 0 unspecified atom stereocenters. The van der Waals surface area contributed by atoms with Crippen molar-refractivity contribution in [3.8, 4) is 11.4 Å². The lowest BCUT2D eigenvalue weighted by Crippen LogP contribution is -2.17. The number of nitrogens with zero attached hydrogens (tertiary/aromatic N) is 5. The molecule has 0 amide bonds. The summed E-state index contributed by atoms with van der Waals surface area (Å²) in [5.74, 6) is 0. The third kappa shape index (κ3) is 3.12. The molecule has 1 N–H and O–H groups in total. The van der Waals surface area contributed by atoms with Gasteiger partial charge in [-0.2, -0.15) is 23.4 Å². The molecule has 0 aliphatic rings. The van der Waals surface area contributed by atoms with Crippen LogP contribution in [-0.4, -0.2) is 29.4 Å². The van der Waals surface area contributed by atoms with E-state index in [1.54, 1.807) is 12.3 Å². The number of halogens is 4. The zero-order valence-corrected chi connectivity index (χ0v) is 15.2. The van der Waals surface area contributed by atoms with E-state index in [4.69, 9.17) is 11.6 Å². The van der Waals surface area contributed by atoms with Gasteiger partial charge in [0.1, 0.15) is 5.15 Å². The SMILES string of the molecule is Cc1sc2nc(Cn3nc(C(F)(F)F)cc3Cl)cc(=O)n2c1-c1ccn[nH]1. The third-order valence-corrected chi connectivity index (χ3v) is 5.09. The van der Waals surface area contributed by atoms with Gasteiger partial charge in [0.2, 0.25) is 0 Å². The molecule has 0 aromatic carbocycles. The number of nitrogens with one attached hydrogen (secondary N) is 1. The predicted octanol–water partition coefficient (Wildman–Crippen LogP) is 3.37. The average molecular weight is 415 g/mol. The molecule has 7 nitrogen and oxygen atoms in total. The van der Waals surface area contributed by atoms with E-state index >= 15 is 0 Å². The van der Waals surface area contributed by atoms with Crippen molar-refractivity contribution < 1.29 is 13.2 Å². The second kappa shape index (κ2) is 6.20. The Hall–Kier alpha value is -2.66. The summed E-state index contributed by atoms with van der Waals surface area (Å²) in [5, 5.41) is 9.96. The van der Waals surface area contributed by atoms with E-state index in [2.05, 4.69) is 20.3 Å². The Labute approximate surface area is 158 Å². The Morgan fingerprint density at radius 1 is 1.33 bits per heavy atom. The summed E-state index contributed by atoms with van der Waals surface area (Å²) in [6.07, 6.45) is -3.03. The summed E-state index contributed by atoms with van der Waals surface area (Å²) in [6, 6.07) is 3.72. The van der Waals surface area contributed by atoms with Crippen LogP contribution in [0.15, 0.2) is 29.2 Å². The second-order valence-electron chi connectivity index (χ2n) is 5.69. The first kappa shape index (κ1) is 17.7. The highest BCUT2D eigenvalue weighted by molar-refractivity contribution is 7.17. The first-order valence-electron chi connectivity index (χ1n) is 7.56. The van der Waals surface area contributed by atoms with Crippen LogP contribution in [0.25, 0.3) is 16.3 Å². The van der Waals surface area contributed by atoms with E-state index in [1.165, 1.54) is 21.8 Å². The number of fused-ring (bicyclic) bond motifs is 1. The lowest BCUT2D eigenvalue weighted by atomic mass is 10.3. The fourth-order valence-corrected chi connectivity index (χ4v) is 3.91. The lowest BCUT2D eigenvalue weighted by Gasteiger charge is -2.05. The standard InChI is InChI=1S/C15H10ClF3N6OS/c1-7-13(9-2-3-20-22-9)25-12(26)4-8(21-14(25)27-7)6-24-11(16)5-10(23-24)15(17,18)19/h2-5H,6H2,1H3,(H,20,22). The van der Waals surface area contributed by atoms with Gasteiger partial charge in [-0.1, -0.05) is 11.6 Å². The van der Waals surface area contributed by atoms with Crippen LogP contribution in [0.1, 0.15) is 16.3 Å². The Morgan fingerprint density at radius 3 is 2.74 bits per heavy atom. The number of alkyl halides is 3. The zero-order valence-electron chi connectivity index (χ0n) is 13.6. The van der Waals surface area contributed by atoms with Crippen molar-refractivity contribution in [1.29, 1.82) is 0 Å². The van der Waals surface area contributed by atoms with Crippen molar-refractivity contribution in [3.63, 3.8) is 0 Å². The van der Waals surface area contributed by atoms with E-state index in [0.717, 1.165) is 15.6 Å². The molecular weight excluding hydrogens is 405 g/mol. The van der Waals surface area contributed by atoms with Crippen molar-refractivity contribution in [2.24, 2.45) is 0 Å². The summed E-state index contributed by atoms with van der Waals surface area (Å²) in [6.45, 7) is 1.69. The van der Waals surface area contributed by atoms with E-state index in [9.17, 15) is 18.0 Å². The zero-order chi connectivity index (χ0) is 19.3. The molecule has 0 aliphatic heterocycles. The monoisotopic (exact) mass is 414 g/mol. The molecule has 4 heterocycles. The van der Waals surface area contributed by atoms with Crippen LogP contribution in [0, 0.1) is 6.92 Å². The van der Waals surface area contributed by atoms with Gasteiger partial charge in [0.25, 0.3) is 5.56 Å². The van der Waals surface area contributed by atoms with Gasteiger partial charge in [-0.05, 0) is 13.0 Å². The molecule has 4 rings (SSSR count). The van der Waals surface area contributed by atoms with Crippen LogP contribution in [0.5, 0.6) is 0 Å². The smallest absolute Gasteiger partial charge is 0.276 e. The summed E-state index contributed by atoms with van der Waals surface area (Å²) in [5.41, 5.74) is 0.117. The normalized spacial score (nSPS) is 12.2. The molecular formula is C15H10ClF3N6OS. The molecule has 12 heteroatoms. The first-order valence-corrected chi connectivity index (χ1v) is 8.76. The third-order valence-electron chi connectivity index (χ3n) is 3.83. The largest absolute Gasteiger partial charge is 0.435 e. The molecule has 0 atom stereocenters. The fraction of sp³-hybridized carbons (Fsp3) is 0.200. The van der Waals surface area contributed by atoms with Gasteiger partial charge < -0.3 is 0 Å². The molecule has 4 aromatic rings. The highest BCUT2D eigenvalue weighted by atomic mass is 35.5. The minimum Gasteiger partial charge on any atom is -0.276 e. The topological polar surface area (TPSA) is 80.9 Å². The van der Waals surface area contributed by atoms with Gasteiger partial charge in [-0.15, -0.1) is 11.3 Å². The minimum atomic E-state index is -4.60. The summed E-state index contributed by atoms with van der Waals surface area (Å²) in [7, 11) is 0. The minimum absolute atomic E-state index is 0.156. The fourth-order valence-electron chi connectivity index (χ4n) is 2.70. The van der Waals surface area contributed by atoms with Crippen molar-refractivity contribution in [1.82, 2.24) is 29.4 Å². The second-order valence-corrected chi connectivity index (χ2v) is 7.26. The molecule has 0 bridgehead atoms. The van der Waals surface area contributed by atoms with Crippen molar-refractivity contribution in [2.75, 3.05) is 0 Å². The number of hydrogen-bond donors (Lipinski definition) is 1. The number of H-pyrrole nitrogens is 1. The highest BCUT2D eigenvalue weighted by Gasteiger charge is 2.34. The van der Waals surface area contributed by atoms with Gasteiger partial charge in [0, 0.05) is 23.2 Å². The van der Waals surface area contributed by atoms with Crippen molar-refractivity contribution in [3.05, 3.63) is 56.2 Å². The number of hydrogen-bond acceptors (Lipinski definition) is 5. The Balaban J connectivity index is 1.77. The Morgan fingerprint density at radius 2 is 2.11 bits per heavy atom. The number of rotatable bonds is 3. The molecule has 4 aromatic heterocycles. The quantitative estimate of drug-likeness (QED) is 0.557. The van der Waals surface area contributed by atoms with Crippen LogP contribution in [0.2, 0.25) is 5.15 Å². The molecule has 0 saturated carbocycles. The maximum absolute atomic E-state index is 12.8. The maximum Gasteiger partial charge on any atom is 0.435 e. The molecule has 0 fully saturated rings. The van der Waals surface area contributed by atoms with Gasteiger partial charge in [0.15, 0.2) is 10.7 Å². The van der Waals surface area contributed by atoms with Crippen molar-refractivity contribution in [2.45, 2.75) is 19.6 Å². The summed E-state index contributed by atoms with van der Waals surface area (Å²) >= 11 is 7.13. The summed E-state index contributed by atoms with van der Waals surface area (Å²) in [4.78, 5) is 18.3. The van der Waals surface area contributed by atoms with Gasteiger partial charge in [0.05, 0.1) is 23.6 Å². The van der Waals surface area contributed by atoms with E-state index < -0.39 is 11.9 Å². The van der Waals surface area contributed by atoms with Gasteiger partial charge in [-0.3, -0.25) is 9.89 Å². The first-order chi connectivity index (χ1) is 12.7. The lowest BCUT2D eigenvalue weighted by molar-refractivity contribution is -0.141. The Kier molecular flexibility index (Phi) is 4.07. The number of aromatic nitrogens is 6. The van der Waals surface area contributed by atoms with Gasteiger partial charge >= 0.3 is 6.18 Å². The average Bonchev–Trinajstić information content (AvgIpc) is 3.26. The van der Waals surface area contributed by atoms with Crippen LogP contribution >= 0.6 is 22.9 Å². The van der Waals surface area contributed by atoms with Crippen LogP contribution in [0.3, 0.4) is 0 Å². The molecule has 0 aliphatic carbocycles. The summed E-state index contributed by atoms with van der Waals surface area (Å²) < 4.78 is 40.7. The molecule has 0 spiro atoms. The molecule has 140 valence electrons. The number of aryl methyl sites for hydroxylation is 1. The van der Waals surface area contributed by atoms with Crippen LogP contribution in [0.4, 0.5) is 13.2 Å².